The number of rotatable bonds is 8. The average molecular weight is 556 g/mol. The topological polar surface area (TPSA) is 102 Å². The Morgan fingerprint density at radius 3 is 2.59 bits per heavy atom. The maximum Gasteiger partial charge on any atom is 0.309 e. The standard InChI is InChI=1S/C30H42ClN5O3/c1-18-8-9-23(25(31)11-18)19(2)33-26-24(29(3,4)39)14-32-28(34-26)36-16-21(17-36)20-7-6-10-35(15-20)22-12-30(5,13-22)27(37)38/h8-9,11,14,19-22,39H,6-7,10,12-13,15-17H2,1-5H3,(H,37,38)(H,32,33,34)/t19-,20+,22-,30-/m1/s1. The Hall–Kier alpha value is -2.42. The first-order chi connectivity index (χ1) is 18.3. The second kappa shape index (κ2) is 10.5. The fraction of sp³-hybridized carbons (Fsp3) is 0.633. The summed E-state index contributed by atoms with van der Waals surface area (Å²) in [7, 11) is 0. The predicted molar refractivity (Wildman–Crippen MR) is 154 cm³/mol. The highest BCUT2D eigenvalue weighted by Crippen LogP contribution is 2.45. The molecule has 1 aromatic heterocycles. The molecule has 8 nitrogen and oxygen atoms in total. The lowest BCUT2D eigenvalue weighted by molar-refractivity contribution is -0.158. The Balaban J connectivity index is 1.24. The van der Waals surface area contributed by atoms with Gasteiger partial charge in [0, 0.05) is 42.5 Å². The van der Waals surface area contributed by atoms with Crippen LogP contribution in [0.25, 0.3) is 0 Å². The SMILES string of the molecule is Cc1ccc([C@@H](C)Nc2nc(N3CC([C@H]4CCCN([C@H]5C[C@](C)(C(=O)O)C5)C4)C3)ncc2C(C)(C)O)c(Cl)c1. The van der Waals surface area contributed by atoms with Gasteiger partial charge in [0.15, 0.2) is 0 Å². The Labute approximate surface area is 236 Å². The van der Waals surface area contributed by atoms with Crippen LogP contribution in [-0.4, -0.2) is 63.3 Å². The second-order valence-corrected chi connectivity index (χ2v) is 13.3. The van der Waals surface area contributed by atoms with Crippen LogP contribution in [0.3, 0.4) is 0 Å². The second-order valence-electron chi connectivity index (χ2n) is 12.9. The Kier molecular flexibility index (Phi) is 7.59. The first-order valence-electron chi connectivity index (χ1n) is 14.2. The van der Waals surface area contributed by atoms with E-state index in [0.717, 1.165) is 50.1 Å². The highest BCUT2D eigenvalue weighted by atomic mass is 35.5. The lowest BCUT2D eigenvalue weighted by Gasteiger charge is -2.52. The van der Waals surface area contributed by atoms with E-state index in [1.807, 2.05) is 39.0 Å². The van der Waals surface area contributed by atoms with E-state index < -0.39 is 17.0 Å². The van der Waals surface area contributed by atoms with Gasteiger partial charge in [-0.3, -0.25) is 4.79 Å². The summed E-state index contributed by atoms with van der Waals surface area (Å²) in [5.74, 6) is 1.83. The largest absolute Gasteiger partial charge is 0.481 e. The summed E-state index contributed by atoms with van der Waals surface area (Å²) in [6.45, 7) is 13.4. The molecule has 212 valence electrons. The number of aliphatic carboxylic acids is 1. The summed E-state index contributed by atoms with van der Waals surface area (Å²) in [5.41, 5.74) is 1.09. The van der Waals surface area contributed by atoms with Crippen molar-refractivity contribution in [3.05, 3.63) is 46.1 Å². The summed E-state index contributed by atoms with van der Waals surface area (Å²) < 4.78 is 0. The highest BCUT2D eigenvalue weighted by Gasteiger charge is 2.49. The van der Waals surface area contributed by atoms with Crippen molar-refractivity contribution in [1.82, 2.24) is 14.9 Å². The molecule has 0 amide bonds. The fourth-order valence-electron chi connectivity index (χ4n) is 6.49. The van der Waals surface area contributed by atoms with Crippen molar-refractivity contribution in [1.29, 1.82) is 0 Å². The molecule has 0 bridgehead atoms. The number of benzene rings is 1. The van der Waals surface area contributed by atoms with Gasteiger partial charge in [-0.2, -0.15) is 4.98 Å². The number of aliphatic hydroxyl groups is 1. The van der Waals surface area contributed by atoms with Gasteiger partial charge in [-0.05, 0) is 95.9 Å². The zero-order chi connectivity index (χ0) is 28.1. The van der Waals surface area contributed by atoms with Crippen LogP contribution in [0.4, 0.5) is 11.8 Å². The molecule has 0 radical (unpaired) electrons. The fourth-order valence-corrected chi connectivity index (χ4v) is 6.89. The van der Waals surface area contributed by atoms with Crippen LogP contribution in [-0.2, 0) is 10.4 Å². The minimum absolute atomic E-state index is 0.103. The molecule has 9 heteroatoms. The molecule has 0 unspecified atom stereocenters. The third-order valence-corrected chi connectivity index (χ3v) is 9.49. The van der Waals surface area contributed by atoms with Crippen molar-refractivity contribution < 1.29 is 15.0 Å². The number of hydrogen-bond acceptors (Lipinski definition) is 7. The molecule has 39 heavy (non-hydrogen) atoms. The van der Waals surface area contributed by atoms with E-state index in [9.17, 15) is 15.0 Å². The number of halogens is 1. The molecule has 3 fully saturated rings. The average Bonchev–Trinajstić information content (AvgIpc) is 2.80. The molecule has 2 aliphatic heterocycles. The Bertz CT molecular complexity index is 1220. The summed E-state index contributed by atoms with van der Waals surface area (Å²) >= 11 is 6.53. The van der Waals surface area contributed by atoms with Crippen LogP contribution in [0.2, 0.25) is 5.02 Å². The van der Waals surface area contributed by atoms with E-state index in [1.54, 1.807) is 20.0 Å². The lowest BCUT2D eigenvalue weighted by atomic mass is 9.65. The number of piperidine rings is 1. The Morgan fingerprint density at radius 2 is 1.95 bits per heavy atom. The molecule has 3 heterocycles. The number of hydrogen-bond donors (Lipinski definition) is 3. The van der Waals surface area contributed by atoms with Crippen molar-refractivity contribution in [2.24, 2.45) is 17.3 Å². The van der Waals surface area contributed by atoms with E-state index in [4.69, 9.17) is 16.6 Å². The summed E-state index contributed by atoms with van der Waals surface area (Å²) in [6.07, 6.45) is 5.65. The van der Waals surface area contributed by atoms with Crippen LogP contribution in [0.5, 0.6) is 0 Å². The maximum atomic E-state index is 11.5. The summed E-state index contributed by atoms with van der Waals surface area (Å²) in [5, 5.41) is 24.5. The van der Waals surface area contributed by atoms with E-state index in [1.165, 1.54) is 12.8 Å². The maximum absolute atomic E-state index is 11.5. The number of aryl methyl sites for hydroxylation is 1. The third-order valence-electron chi connectivity index (χ3n) is 9.16. The van der Waals surface area contributed by atoms with Crippen LogP contribution < -0.4 is 10.2 Å². The lowest BCUT2D eigenvalue weighted by Crippen LogP contribution is -2.58. The first-order valence-corrected chi connectivity index (χ1v) is 14.6. The molecule has 2 saturated heterocycles. The molecular weight excluding hydrogens is 514 g/mol. The van der Waals surface area contributed by atoms with Crippen LogP contribution in [0, 0.1) is 24.2 Å². The number of likely N-dealkylation sites (tertiary alicyclic amines) is 1. The van der Waals surface area contributed by atoms with Crippen molar-refractivity contribution in [3.8, 4) is 0 Å². The number of anilines is 2. The number of aromatic nitrogens is 2. The summed E-state index contributed by atoms with van der Waals surface area (Å²) in [6, 6.07) is 6.33. The zero-order valence-electron chi connectivity index (χ0n) is 23.7. The molecule has 0 spiro atoms. The van der Waals surface area contributed by atoms with E-state index in [2.05, 4.69) is 20.1 Å². The third kappa shape index (κ3) is 5.74. The van der Waals surface area contributed by atoms with Gasteiger partial charge in [-0.15, -0.1) is 0 Å². The molecule has 1 aromatic carbocycles. The minimum atomic E-state index is -1.10. The van der Waals surface area contributed by atoms with Crippen LogP contribution in [0.15, 0.2) is 24.4 Å². The Morgan fingerprint density at radius 1 is 1.23 bits per heavy atom. The van der Waals surface area contributed by atoms with Gasteiger partial charge in [0.25, 0.3) is 0 Å². The quantitative estimate of drug-likeness (QED) is 0.406. The number of carboxylic acid groups (broad SMARTS) is 1. The van der Waals surface area contributed by atoms with Gasteiger partial charge in [-0.25, -0.2) is 4.98 Å². The minimum Gasteiger partial charge on any atom is -0.481 e. The molecule has 1 saturated carbocycles. The first kappa shape index (κ1) is 28.1. The number of nitrogens with one attached hydrogen (secondary N) is 1. The summed E-state index contributed by atoms with van der Waals surface area (Å²) in [4.78, 5) is 25.8. The van der Waals surface area contributed by atoms with Gasteiger partial charge >= 0.3 is 5.97 Å². The number of carboxylic acids is 1. The number of carbonyl (C=O) groups is 1. The van der Waals surface area contributed by atoms with Crippen molar-refractivity contribution in [3.63, 3.8) is 0 Å². The van der Waals surface area contributed by atoms with Gasteiger partial charge in [0.1, 0.15) is 5.82 Å². The predicted octanol–water partition coefficient (Wildman–Crippen LogP) is 5.24. The van der Waals surface area contributed by atoms with Gasteiger partial charge in [0.2, 0.25) is 5.95 Å². The monoisotopic (exact) mass is 555 g/mol. The van der Waals surface area contributed by atoms with E-state index in [0.29, 0.717) is 40.2 Å². The zero-order valence-corrected chi connectivity index (χ0v) is 24.5. The van der Waals surface area contributed by atoms with Gasteiger partial charge in [0.05, 0.1) is 17.1 Å². The molecule has 1 aliphatic carbocycles. The molecule has 3 aliphatic rings. The molecule has 2 aromatic rings. The number of nitrogens with zero attached hydrogens (tertiary/aromatic N) is 4. The van der Waals surface area contributed by atoms with Crippen molar-refractivity contribution >= 4 is 29.3 Å². The van der Waals surface area contributed by atoms with Gasteiger partial charge in [-0.1, -0.05) is 23.7 Å². The molecule has 3 N–H and O–H groups in total. The van der Waals surface area contributed by atoms with Crippen LogP contribution in [0.1, 0.15) is 76.1 Å². The normalized spacial score (nSPS) is 27.0. The van der Waals surface area contributed by atoms with E-state index >= 15 is 0 Å². The molecule has 2 atom stereocenters. The van der Waals surface area contributed by atoms with Crippen molar-refractivity contribution in [2.45, 2.75) is 78.0 Å². The van der Waals surface area contributed by atoms with Gasteiger partial charge < -0.3 is 25.3 Å². The van der Waals surface area contributed by atoms with Crippen molar-refractivity contribution in [2.75, 3.05) is 36.4 Å². The smallest absolute Gasteiger partial charge is 0.309 e. The van der Waals surface area contributed by atoms with Crippen LogP contribution >= 0.6 is 11.6 Å². The molecule has 5 rings (SSSR count). The van der Waals surface area contributed by atoms with E-state index in [-0.39, 0.29) is 6.04 Å². The molecular formula is C30H42ClN5O3. The highest BCUT2D eigenvalue weighted by molar-refractivity contribution is 6.31.